The summed E-state index contributed by atoms with van der Waals surface area (Å²) in [4.78, 5) is 17.6. The van der Waals surface area contributed by atoms with E-state index in [0.29, 0.717) is 10.2 Å². The van der Waals surface area contributed by atoms with E-state index < -0.39 is 0 Å². The van der Waals surface area contributed by atoms with Crippen LogP contribution in [0, 0.1) is 6.92 Å². The van der Waals surface area contributed by atoms with Crippen LogP contribution in [0.25, 0.3) is 17.3 Å². The zero-order chi connectivity index (χ0) is 18.4. The highest BCUT2D eigenvalue weighted by atomic mass is 35.5. The molecule has 0 bridgehead atoms. The number of rotatable bonds is 5. The van der Waals surface area contributed by atoms with Crippen molar-refractivity contribution in [2.45, 2.75) is 6.92 Å². The second kappa shape index (κ2) is 8.61. The molecule has 0 unspecified atom stereocenters. The standard InChI is InChI=1S/C21H17ClN2OS/c1-15-20(17-11-7-12-18(22)14-17)24-21(26-15)23-19(25)13-6-5-10-16-8-3-2-4-9-16/h2-14H,1H3,(H,23,24,25). The van der Waals surface area contributed by atoms with E-state index in [1.807, 2.05) is 73.7 Å². The van der Waals surface area contributed by atoms with Crippen LogP contribution in [-0.2, 0) is 4.79 Å². The molecular formula is C21H17ClN2OS. The highest BCUT2D eigenvalue weighted by Gasteiger charge is 2.11. The fourth-order valence-corrected chi connectivity index (χ4v) is 3.40. The Bertz CT molecular complexity index is 961. The average molecular weight is 381 g/mol. The maximum atomic E-state index is 12.0. The monoisotopic (exact) mass is 380 g/mol. The summed E-state index contributed by atoms with van der Waals surface area (Å²) >= 11 is 7.49. The van der Waals surface area contributed by atoms with Gasteiger partial charge in [-0.05, 0) is 24.6 Å². The second-order valence-electron chi connectivity index (χ2n) is 5.55. The van der Waals surface area contributed by atoms with Gasteiger partial charge in [-0.25, -0.2) is 4.98 Å². The quantitative estimate of drug-likeness (QED) is 0.437. The van der Waals surface area contributed by atoms with Crippen molar-refractivity contribution in [2.75, 3.05) is 5.32 Å². The third kappa shape index (κ3) is 4.91. The smallest absolute Gasteiger partial charge is 0.250 e. The average Bonchev–Trinajstić information content (AvgIpc) is 3.00. The molecule has 1 heterocycles. The van der Waals surface area contributed by atoms with Crippen molar-refractivity contribution in [1.82, 2.24) is 4.98 Å². The maximum absolute atomic E-state index is 12.0. The number of hydrogen-bond acceptors (Lipinski definition) is 3. The van der Waals surface area contributed by atoms with Crippen molar-refractivity contribution in [2.24, 2.45) is 0 Å². The molecule has 0 aliphatic heterocycles. The van der Waals surface area contributed by atoms with E-state index >= 15 is 0 Å². The van der Waals surface area contributed by atoms with Crippen LogP contribution in [0.15, 0.2) is 72.8 Å². The maximum Gasteiger partial charge on any atom is 0.250 e. The van der Waals surface area contributed by atoms with E-state index in [1.54, 1.807) is 6.08 Å². The number of carbonyl (C=O) groups excluding carboxylic acids is 1. The van der Waals surface area contributed by atoms with Gasteiger partial charge in [0.2, 0.25) is 5.91 Å². The molecule has 1 N–H and O–H groups in total. The van der Waals surface area contributed by atoms with Gasteiger partial charge in [0, 0.05) is 21.5 Å². The van der Waals surface area contributed by atoms with Gasteiger partial charge >= 0.3 is 0 Å². The molecular weight excluding hydrogens is 364 g/mol. The number of allylic oxidation sites excluding steroid dienone is 2. The second-order valence-corrected chi connectivity index (χ2v) is 7.19. The molecule has 26 heavy (non-hydrogen) atoms. The molecule has 0 spiro atoms. The topological polar surface area (TPSA) is 42.0 Å². The molecule has 3 aromatic rings. The van der Waals surface area contributed by atoms with Gasteiger partial charge in [0.25, 0.3) is 0 Å². The molecule has 1 aromatic heterocycles. The first-order valence-corrected chi connectivity index (χ1v) is 9.25. The van der Waals surface area contributed by atoms with Crippen molar-refractivity contribution in [3.05, 3.63) is 88.3 Å². The number of benzene rings is 2. The fourth-order valence-electron chi connectivity index (χ4n) is 2.37. The number of amides is 1. The lowest BCUT2D eigenvalue weighted by atomic mass is 10.1. The highest BCUT2D eigenvalue weighted by Crippen LogP contribution is 2.31. The van der Waals surface area contributed by atoms with Gasteiger partial charge in [0.05, 0.1) is 5.69 Å². The molecule has 0 aliphatic carbocycles. The highest BCUT2D eigenvalue weighted by molar-refractivity contribution is 7.16. The van der Waals surface area contributed by atoms with Crippen LogP contribution in [0.1, 0.15) is 10.4 Å². The van der Waals surface area contributed by atoms with Crippen molar-refractivity contribution in [3.8, 4) is 11.3 Å². The number of aryl methyl sites for hydroxylation is 1. The van der Waals surface area contributed by atoms with E-state index in [2.05, 4.69) is 10.3 Å². The third-order valence-corrected chi connectivity index (χ3v) is 4.69. The predicted octanol–water partition coefficient (Wildman–Crippen LogP) is 5.98. The number of thiazole rings is 1. The van der Waals surface area contributed by atoms with Crippen LogP contribution in [0.5, 0.6) is 0 Å². The van der Waals surface area contributed by atoms with Gasteiger partial charge < -0.3 is 0 Å². The Hall–Kier alpha value is -2.69. The Balaban J connectivity index is 1.64. The van der Waals surface area contributed by atoms with Crippen LogP contribution in [0.2, 0.25) is 5.02 Å². The number of aromatic nitrogens is 1. The number of halogens is 1. The van der Waals surface area contributed by atoms with Gasteiger partial charge in [0.1, 0.15) is 0 Å². The van der Waals surface area contributed by atoms with Gasteiger partial charge in [-0.2, -0.15) is 0 Å². The Morgan fingerprint density at radius 3 is 2.69 bits per heavy atom. The summed E-state index contributed by atoms with van der Waals surface area (Å²) in [6.45, 7) is 1.97. The fraction of sp³-hybridized carbons (Fsp3) is 0.0476. The largest absolute Gasteiger partial charge is 0.298 e. The molecule has 1 amide bonds. The first-order chi connectivity index (χ1) is 12.6. The van der Waals surface area contributed by atoms with Crippen molar-refractivity contribution in [1.29, 1.82) is 0 Å². The molecule has 5 heteroatoms. The minimum absolute atomic E-state index is 0.214. The molecule has 130 valence electrons. The van der Waals surface area contributed by atoms with Crippen molar-refractivity contribution in [3.63, 3.8) is 0 Å². The van der Waals surface area contributed by atoms with Gasteiger partial charge in [0.15, 0.2) is 5.13 Å². The van der Waals surface area contributed by atoms with Crippen LogP contribution in [-0.4, -0.2) is 10.9 Å². The third-order valence-electron chi connectivity index (χ3n) is 3.57. The summed E-state index contributed by atoms with van der Waals surface area (Å²) in [5.41, 5.74) is 2.85. The van der Waals surface area contributed by atoms with Crippen LogP contribution in [0.3, 0.4) is 0 Å². The SMILES string of the molecule is Cc1sc(NC(=O)C=CC=Cc2ccccc2)nc1-c1cccc(Cl)c1. The summed E-state index contributed by atoms with van der Waals surface area (Å²) in [7, 11) is 0. The summed E-state index contributed by atoms with van der Waals surface area (Å²) in [6.07, 6.45) is 6.96. The lowest BCUT2D eigenvalue weighted by Crippen LogP contribution is -2.07. The minimum Gasteiger partial charge on any atom is -0.298 e. The number of carbonyl (C=O) groups is 1. The van der Waals surface area contributed by atoms with Crippen LogP contribution >= 0.6 is 22.9 Å². The molecule has 0 fully saturated rings. The zero-order valence-electron chi connectivity index (χ0n) is 14.1. The van der Waals surface area contributed by atoms with Crippen molar-refractivity contribution < 1.29 is 4.79 Å². The number of nitrogens with zero attached hydrogens (tertiary/aromatic N) is 1. The van der Waals surface area contributed by atoms with E-state index in [9.17, 15) is 4.79 Å². The van der Waals surface area contributed by atoms with Gasteiger partial charge in [-0.3, -0.25) is 10.1 Å². The Morgan fingerprint density at radius 2 is 1.92 bits per heavy atom. The van der Waals surface area contributed by atoms with Gasteiger partial charge in [-0.1, -0.05) is 72.3 Å². The molecule has 3 rings (SSSR count). The molecule has 0 saturated carbocycles. The lowest BCUT2D eigenvalue weighted by Gasteiger charge is -1.99. The minimum atomic E-state index is -0.214. The summed E-state index contributed by atoms with van der Waals surface area (Å²) in [5, 5.41) is 4.03. The summed E-state index contributed by atoms with van der Waals surface area (Å²) in [5.74, 6) is -0.214. The first-order valence-electron chi connectivity index (χ1n) is 8.06. The Morgan fingerprint density at radius 1 is 1.12 bits per heavy atom. The van der Waals surface area contributed by atoms with Gasteiger partial charge in [-0.15, -0.1) is 11.3 Å². The number of nitrogens with one attached hydrogen (secondary N) is 1. The molecule has 3 nitrogen and oxygen atoms in total. The molecule has 0 saturated heterocycles. The molecule has 0 radical (unpaired) electrons. The molecule has 0 aliphatic rings. The van der Waals surface area contributed by atoms with E-state index in [4.69, 9.17) is 11.6 Å². The summed E-state index contributed by atoms with van der Waals surface area (Å²) < 4.78 is 0. The number of anilines is 1. The normalized spacial score (nSPS) is 11.3. The Kier molecular flexibility index (Phi) is 6.00. The van der Waals surface area contributed by atoms with E-state index in [1.165, 1.54) is 17.4 Å². The first kappa shape index (κ1) is 18.1. The molecule has 2 aromatic carbocycles. The van der Waals surface area contributed by atoms with E-state index in [-0.39, 0.29) is 5.91 Å². The lowest BCUT2D eigenvalue weighted by molar-refractivity contribution is -0.111. The Labute approximate surface area is 161 Å². The van der Waals surface area contributed by atoms with Crippen molar-refractivity contribution >= 4 is 40.1 Å². The zero-order valence-corrected chi connectivity index (χ0v) is 15.7. The van der Waals surface area contributed by atoms with Crippen LogP contribution in [0.4, 0.5) is 5.13 Å². The number of hydrogen-bond donors (Lipinski definition) is 1. The predicted molar refractivity (Wildman–Crippen MR) is 111 cm³/mol. The van der Waals surface area contributed by atoms with Crippen LogP contribution < -0.4 is 5.32 Å². The molecule has 0 atom stereocenters. The van der Waals surface area contributed by atoms with E-state index in [0.717, 1.165) is 21.7 Å². The summed E-state index contributed by atoms with van der Waals surface area (Å²) in [6, 6.07) is 17.4.